The lowest BCUT2D eigenvalue weighted by Crippen LogP contribution is -2.40. The number of benzene rings is 1. The summed E-state index contributed by atoms with van der Waals surface area (Å²) in [5, 5.41) is 2.91. The number of carbonyl (C=O) groups excluding carboxylic acids is 1. The summed E-state index contributed by atoms with van der Waals surface area (Å²) >= 11 is 0. The topological polar surface area (TPSA) is 66.5 Å². The summed E-state index contributed by atoms with van der Waals surface area (Å²) < 4.78 is 22.9. The number of hydrogen-bond donors (Lipinski definition) is 1. The van der Waals surface area contributed by atoms with Gasteiger partial charge in [0.2, 0.25) is 0 Å². The molecule has 2 aliphatic heterocycles. The van der Waals surface area contributed by atoms with Crippen molar-refractivity contribution in [2.75, 3.05) is 31.1 Å². The van der Waals surface area contributed by atoms with Crippen molar-refractivity contribution in [1.82, 2.24) is 10.2 Å². The summed E-state index contributed by atoms with van der Waals surface area (Å²) in [6, 6.07) is 10.3. The Morgan fingerprint density at radius 3 is 2.65 bits per heavy atom. The molecular weight excluding hydrogens is 312 g/mol. The summed E-state index contributed by atoms with van der Waals surface area (Å²) in [5.41, 5.74) is 1.32. The van der Waals surface area contributed by atoms with Crippen LogP contribution in [0, 0.1) is 11.8 Å². The van der Waals surface area contributed by atoms with Crippen LogP contribution in [0.3, 0.4) is 0 Å². The molecule has 0 aliphatic carbocycles. The molecule has 6 heteroatoms. The van der Waals surface area contributed by atoms with Crippen LogP contribution in [-0.2, 0) is 16.3 Å². The third kappa shape index (κ3) is 4.47. The lowest BCUT2D eigenvalue weighted by atomic mass is 9.99. The summed E-state index contributed by atoms with van der Waals surface area (Å²) in [6.45, 7) is 2.04. The highest BCUT2D eigenvalue weighted by molar-refractivity contribution is 7.91. The van der Waals surface area contributed by atoms with Gasteiger partial charge < -0.3 is 10.2 Å². The molecule has 1 aromatic rings. The van der Waals surface area contributed by atoms with Crippen molar-refractivity contribution >= 4 is 15.9 Å². The van der Waals surface area contributed by atoms with Gasteiger partial charge in [0, 0.05) is 19.6 Å². The molecule has 2 amide bonds. The molecule has 2 saturated heterocycles. The van der Waals surface area contributed by atoms with Crippen molar-refractivity contribution in [2.45, 2.75) is 19.3 Å². The summed E-state index contributed by atoms with van der Waals surface area (Å²) in [5.74, 6) is 1.06. The van der Waals surface area contributed by atoms with Gasteiger partial charge in [-0.25, -0.2) is 13.2 Å². The summed E-state index contributed by atoms with van der Waals surface area (Å²) in [7, 11) is -2.87. The van der Waals surface area contributed by atoms with Crippen molar-refractivity contribution in [2.24, 2.45) is 11.8 Å². The molecule has 1 N–H and O–H groups in total. The van der Waals surface area contributed by atoms with Crippen LogP contribution >= 0.6 is 0 Å². The summed E-state index contributed by atoms with van der Waals surface area (Å²) in [6.07, 6.45) is 2.70. The lowest BCUT2D eigenvalue weighted by molar-refractivity contribution is 0.205. The highest BCUT2D eigenvalue weighted by atomic mass is 32.2. The normalized spacial score (nSPS) is 26.3. The maximum absolute atomic E-state index is 12.2. The number of urea groups is 1. The largest absolute Gasteiger partial charge is 0.338 e. The van der Waals surface area contributed by atoms with Gasteiger partial charge in [-0.3, -0.25) is 0 Å². The zero-order valence-electron chi connectivity index (χ0n) is 13.3. The first kappa shape index (κ1) is 16.3. The van der Waals surface area contributed by atoms with Gasteiger partial charge in [-0.2, -0.15) is 0 Å². The summed E-state index contributed by atoms with van der Waals surface area (Å²) in [4.78, 5) is 14.1. The van der Waals surface area contributed by atoms with Crippen LogP contribution in [0.4, 0.5) is 4.79 Å². The molecule has 2 heterocycles. The third-order valence-corrected chi connectivity index (χ3v) is 6.65. The molecule has 2 atom stereocenters. The van der Waals surface area contributed by atoms with Crippen LogP contribution in [-0.4, -0.2) is 50.5 Å². The van der Waals surface area contributed by atoms with Crippen LogP contribution in [0.2, 0.25) is 0 Å². The van der Waals surface area contributed by atoms with E-state index < -0.39 is 9.84 Å². The maximum atomic E-state index is 12.2. The Labute approximate surface area is 138 Å². The molecule has 0 spiro atoms. The van der Waals surface area contributed by atoms with E-state index in [-0.39, 0.29) is 23.5 Å². The third-order valence-electron chi connectivity index (χ3n) is 4.81. The minimum absolute atomic E-state index is 0.0511. The van der Waals surface area contributed by atoms with Crippen molar-refractivity contribution < 1.29 is 13.2 Å². The zero-order chi connectivity index (χ0) is 16.3. The molecule has 0 radical (unpaired) electrons. The first-order chi connectivity index (χ1) is 11.0. The van der Waals surface area contributed by atoms with Crippen molar-refractivity contribution in [3.63, 3.8) is 0 Å². The predicted molar refractivity (Wildman–Crippen MR) is 90.0 cm³/mol. The monoisotopic (exact) mass is 336 g/mol. The Hall–Kier alpha value is -1.56. The first-order valence-corrected chi connectivity index (χ1v) is 10.1. The van der Waals surface area contributed by atoms with Gasteiger partial charge in [-0.1, -0.05) is 30.3 Å². The minimum Gasteiger partial charge on any atom is -0.338 e. The second-order valence-electron chi connectivity index (χ2n) is 6.75. The Balaban J connectivity index is 1.43. The molecule has 0 bridgehead atoms. The number of nitrogens with one attached hydrogen (secondary N) is 1. The van der Waals surface area contributed by atoms with Crippen LogP contribution in [0.15, 0.2) is 30.3 Å². The number of sulfone groups is 1. The quantitative estimate of drug-likeness (QED) is 0.910. The minimum atomic E-state index is -2.87. The van der Waals surface area contributed by atoms with E-state index in [4.69, 9.17) is 0 Å². The Kier molecular flexibility index (Phi) is 4.90. The van der Waals surface area contributed by atoms with Crippen LogP contribution in [0.25, 0.3) is 0 Å². The van der Waals surface area contributed by atoms with E-state index in [0.29, 0.717) is 18.9 Å². The molecule has 1 aromatic carbocycles. The Bertz CT molecular complexity index is 645. The van der Waals surface area contributed by atoms with Crippen molar-refractivity contribution in [3.8, 4) is 0 Å². The van der Waals surface area contributed by atoms with Gasteiger partial charge >= 0.3 is 6.03 Å². The second-order valence-corrected chi connectivity index (χ2v) is 8.97. The standard InChI is InChI=1S/C17H24N2O3S/c20-17(18-11-16-7-9-23(21,22)13-16)19-8-6-15(12-19)10-14-4-2-1-3-5-14/h1-5,15-16H,6-13H2,(H,18,20)/t15-,16+/m1/s1. The van der Waals surface area contributed by atoms with E-state index in [9.17, 15) is 13.2 Å². The second kappa shape index (κ2) is 6.91. The average Bonchev–Trinajstić information content (AvgIpc) is 3.12. The molecule has 2 aliphatic rings. The number of amides is 2. The van der Waals surface area contributed by atoms with Crippen molar-refractivity contribution in [3.05, 3.63) is 35.9 Å². The Morgan fingerprint density at radius 1 is 1.17 bits per heavy atom. The number of likely N-dealkylation sites (tertiary alicyclic amines) is 1. The molecule has 2 fully saturated rings. The lowest BCUT2D eigenvalue weighted by Gasteiger charge is -2.19. The van der Waals surface area contributed by atoms with Gasteiger partial charge in [0.25, 0.3) is 0 Å². The van der Waals surface area contributed by atoms with Gasteiger partial charge in [0.1, 0.15) is 0 Å². The van der Waals surface area contributed by atoms with Gasteiger partial charge in [-0.15, -0.1) is 0 Å². The number of carbonyl (C=O) groups is 1. The highest BCUT2D eigenvalue weighted by Crippen LogP contribution is 2.21. The van der Waals surface area contributed by atoms with E-state index >= 15 is 0 Å². The molecular formula is C17H24N2O3S. The van der Waals surface area contributed by atoms with E-state index in [0.717, 1.165) is 25.9 Å². The Morgan fingerprint density at radius 2 is 1.96 bits per heavy atom. The molecule has 23 heavy (non-hydrogen) atoms. The molecule has 0 aromatic heterocycles. The fraction of sp³-hybridized carbons (Fsp3) is 0.588. The predicted octanol–water partition coefficient (Wildman–Crippen LogP) is 1.70. The van der Waals surface area contributed by atoms with E-state index in [1.165, 1.54) is 5.56 Å². The van der Waals surface area contributed by atoms with E-state index in [2.05, 4.69) is 17.4 Å². The van der Waals surface area contributed by atoms with Crippen LogP contribution in [0.1, 0.15) is 18.4 Å². The smallest absolute Gasteiger partial charge is 0.317 e. The molecule has 126 valence electrons. The molecule has 0 unspecified atom stereocenters. The van der Waals surface area contributed by atoms with Crippen LogP contribution < -0.4 is 5.32 Å². The van der Waals surface area contributed by atoms with Crippen molar-refractivity contribution in [1.29, 1.82) is 0 Å². The SMILES string of the molecule is O=C(NC[C@@H]1CCS(=O)(=O)C1)N1CC[C@H](Cc2ccccc2)C1. The average molecular weight is 336 g/mol. The molecule has 3 rings (SSSR count). The van der Waals surface area contributed by atoms with Crippen LogP contribution in [0.5, 0.6) is 0 Å². The fourth-order valence-electron chi connectivity index (χ4n) is 3.51. The molecule has 5 nitrogen and oxygen atoms in total. The molecule has 0 saturated carbocycles. The van der Waals surface area contributed by atoms with E-state index in [1.807, 2.05) is 23.1 Å². The van der Waals surface area contributed by atoms with E-state index in [1.54, 1.807) is 0 Å². The van der Waals surface area contributed by atoms with Gasteiger partial charge in [0.05, 0.1) is 11.5 Å². The fourth-order valence-corrected chi connectivity index (χ4v) is 5.37. The first-order valence-electron chi connectivity index (χ1n) is 8.29. The number of nitrogens with zero attached hydrogens (tertiary/aromatic N) is 1. The van der Waals surface area contributed by atoms with Gasteiger partial charge in [0.15, 0.2) is 9.84 Å². The van der Waals surface area contributed by atoms with Gasteiger partial charge in [-0.05, 0) is 36.7 Å². The maximum Gasteiger partial charge on any atom is 0.317 e. The number of hydrogen-bond acceptors (Lipinski definition) is 3. The number of rotatable bonds is 4. The highest BCUT2D eigenvalue weighted by Gasteiger charge is 2.30. The zero-order valence-corrected chi connectivity index (χ0v) is 14.1.